The van der Waals surface area contributed by atoms with Crippen molar-refractivity contribution in [3.8, 4) is 11.3 Å². The summed E-state index contributed by atoms with van der Waals surface area (Å²) in [5.74, 6) is 0.377. The molecule has 3 aromatic carbocycles. The lowest BCUT2D eigenvalue weighted by Crippen LogP contribution is -2.15. The molecule has 0 aliphatic heterocycles. The van der Waals surface area contributed by atoms with Gasteiger partial charge in [-0.3, -0.25) is 9.78 Å². The minimum atomic E-state index is -0.184. The first kappa shape index (κ1) is 22.4. The Morgan fingerprint density at radius 1 is 0.970 bits per heavy atom. The van der Waals surface area contributed by atoms with Gasteiger partial charge in [-0.15, -0.1) is 0 Å². The standard InChI is InChI=1S/C26H26ClN5O/c1-17-24(30-26(31-25(17)33)29-21-11-9-20(27)10-12-21)19-5-4-6-22(15-19)28-16-18-7-13-23(14-8-18)32(2)3/h4-15,28H,16H2,1-3H3,(H2,29,30,31,33). The Labute approximate surface area is 198 Å². The molecule has 33 heavy (non-hydrogen) atoms. The number of nitrogens with one attached hydrogen (secondary N) is 3. The Balaban J connectivity index is 1.55. The molecule has 0 atom stereocenters. The lowest BCUT2D eigenvalue weighted by Gasteiger charge is -2.14. The molecule has 1 aromatic heterocycles. The van der Waals surface area contributed by atoms with Crippen LogP contribution in [0.25, 0.3) is 11.3 Å². The molecule has 0 spiro atoms. The highest BCUT2D eigenvalue weighted by molar-refractivity contribution is 6.30. The molecule has 0 saturated carbocycles. The average Bonchev–Trinajstić information content (AvgIpc) is 2.82. The van der Waals surface area contributed by atoms with E-state index in [2.05, 4.69) is 49.8 Å². The highest BCUT2D eigenvalue weighted by Gasteiger charge is 2.11. The molecule has 0 bridgehead atoms. The van der Waals surface area contributed by atoms with Crippen molar-refractivity contribution in [3.05, 3.63) is 99.3 Å². The van der Waals surface area contributed by atoms with E-state index in [1.54, 1.807) is 19.1 Å². The summed E-state index contributed by atoms with van der Waals surface area (Å²) in [6, 6.07) is 23.6. The van der Waals surface area contributed by atoms with Gasteiger partial charge in [0.2, 0.25) is 5.95 Å². The quantitative estimate of drug-likeness (QED) is 0.324. The van der Waals surface area contributed by atoms with Crippen LogP contribution in [0, 0.1) is 6.92 Å². The van der Waals surface area contributed by atoms with Crippen molar-refractivity contribution in [2.24, 2.45) is 0 Å². The molecule has 0 radical (unpaired) electrons. The number of nitrogens with zero attached hydrogens (tertiary/aromatic N) is 2. The van der Waals surface area contributed by atoms with E-state index in [4.69, 9.17) is 11.6 Å². The van der Waals surface area contributed by atoms with Crippen molar-refractivity contribution in [2.75, 3.05) is 29.6 Å². The van der Waals surface area contributed by atoms with Crippen LogP contribution >= 0.6 is 11.6 Å². The normalized spacial score (nSPS) is 10.7. The summed E-state index contributed by atoms with van der Waals surface area (Å²) < 4.78 is 0. The molecule has 0 aliphatic rings. The summed E-state index contributed by atoms with van der Waals surface area (Å²) in [5, 5.41) is 7.24. The molecular weight excluding hydrogens is 434 g/mol. The third-order valence-electron chi connectivity index (χ3n) is 5.34. The number of benzene rings is 3. The van der Waals surface area contributed by atoms with Gasteiger partial charge in [0.05, 0.1) is 5.69 Å². The van der Waals surface area contributed by atoms with E-state index < -0.39 is 0 Å². The molecular formula is C26H26ClN5O. The SMILES string of the molecule is Cc1c(-c2cccc(NCc3ccc(N(C)C)cc3)c2)nc(Nc2ccc(Cl)cc2)[nH]c1=O. The van der Waals surface area contributed by atoms with Crippen LogP contribution in [0.2, 0.25) is 5.02 Å². The molecule has 0 unspecified atom stereocenters. The van der Waals surface area contributed by atoms with Crippen molar-refractivity contribution in [1.82, 2.24) is 9.97 Å². The van der Waals surface area contributed by atoms with Gasteiger partial charge in [-0.1, -0.05) is 35.9 Å². The van der Waals surface area contributed by atoms with Gasteiger partial charge < -0.3 is 15.5 Å². The van der Waals surface area contributed by atoms with Gasteiger partial charge in [-0.2, -0.15) is 0 Å². The lowest BCUT2D eigenvalue weighted by molar-refractivity contribution is 1.09. The van der Waals surface area contributed by atoms with E-state index in [1.807, 2.05) is 50.5 Å². The first-order valence-electron chi connectivity index (χ1n) is 10.6. The van der Waals surface area contributed by atoms with Gasteiger partial charge in [-0.05, 0) is 61.0 Å². The molecule has 168 valence electrons. The number of rotatable bonds is 7. The maximum atomic E-state index is 12.6. The first-order chi connectivity index (χ1) is 15.9. The second-order valence-corrected chi connectivity index (χ2v) is 8.45. The molecule has 3 N–H and O–H groups in total. The molecule has 7 heteroatoms. The number of H-pyrrole nitrogens is 1. The van der Waals surface area contributed by atoms with Gasteiger partial charge in [0, 0.05) is 53.9 Å². The molecule has 0 fully saturated rings. The zero-order valence-corrected chi connectivity index (χ0v) is 19.6. The Morgan fingerprint density at radius 3 is 2.39 bits per heavy atom. The van der Waals surface area contributed by atoms with E-state index in [-0.39, 0.29) is 5.56 Å². The van der Waals surface area contributed by atoms with Crippen molar-refractivity contribution in [1.29, 1.82) is 0 Å². The maximum absolute atomic E-state index is 12.6. The Hall–Kier alpha value is -3.77. The van der Waals surface area contributed by atoms with Crippen LogP contribution in [-0.4, -0.2) is 24.1 Å². The van der Waals surface area contributed by atoms with Gasteiger partial charge in [0.25, 0.3) is 5.56 Å². The van der Waals surface area contributed by atoms with Crippen LogP contribution in [0.1, 0.15) is 11.1 Å². The van der Waals surface area contributed by atoms with Gasteiger partial charge in [0.1, 0.15) is 0 Å². The third kappa shape index (κ3) is 5.54. The fourth-order valence-corrected chi connectivity index (χ4v) is 3.56. The molecule has 0 aliphatic carbocycles. The second kappa shape index (κ2) is 9.79. The summed E-state index contributed by atoms with van der Waals surface area (Å²) in [7, 11) is 4.06. The summed E-state index contributed by atoms with van der Waals surface area (Å²) in [5.41, 5.74) is 5.97. The van der Waals surface area contributed by atoms with Crippen molar-refractivity contribution >= 4 is 34.6 Å². The molecule has 6 nitrogen and oxygen atoms in total. The fourth-order valence-electron chi connectivity index (χ4n) is 3.44. The summed E-state index contributed by atoms with van der Waals surface area (Å²) in [6.07, 6.45) is 0. The topological polar surface area (TPSA) is 73.0 Å². The monoisotopic (exact) mass is 459 g/mol. The van der Waals surface area contributed by atoms with Crippen LogP contribution in [0.5, 0.6) is 0 Å². The number of hydrogen-bond donors (Lipinski definition) is 3. The molecule has 0 amide bonds. The van der Waals surface area contributed by atoms with E-state index >= 15 is 0 Å². The maximum Gasteiger partial charge on any atom is 0.255 e. The van der Waals surface area contributed by atoms with Gasteiger partial charge >= 0.3 is 0 Å². The Bertz CT molecular complexity index is 1300. The number of halogens is 1. The zero-order chi connectivity index (χ0) is 23.4. The van der Waals surface area contributed by atoms with Crippen molar-refractivity contribution < 1.29 is 0 Å². The van der Waals surface area contributed by atoms with Crippen LogP contribution < -0.4 is 21.1 Å². The van der Waals surface area contributed by atoms with E-state index in [0.29, 0.717) is 28.8 Å². The number of anilines is 4. The van der Waals surface area contributed by atoms with Crippen LogP contribution in [0.3, 0.4) is 0 Å². The molecule has 0 saturated heterocycles. The van der Waals surface area contributed by atoms with E-state index in [1.165, 1.54) is 11.3 Å². The minimum absolute atomic E-state index is 0.184. The molecule has 4 aromatic rings. The lowest BCUT2D eigenvalue weighted by atomic mass is 10.1. The largest absolute Gasteiger partial charge is 0.381 e. The van der Waals surface area contributed by atoms with E-state index in [0.717, 1.165) is 16.9 Å². The van der Waals surface area contributed by atoms with Gasteiger partial charge in [-0.25, -0.2) is 4.98 Å². The number of aromatic amines is 1. The summed E-state index contributed by atoms with van der Waals surface area (Å²) in [4.78, 5) is 22.1. The minimum Gasteiger partial charge on any atom is -0.381 e. The Morgan fingerprint density at radius 2 is 1.70 bits per heavy atom. The van der Waals surface area contributed by atoms with Crippen LogP contribution in [-0.2, 0) is 6.54 Å². The molecule has 4 rings (SSSR count). The van der Waals surface area contributed by atoms with Crippen LogP contribution in [0.4, 0.5) is 23.0 Å². The predicted octanol–water partition coefficient (Wildman–Crippen LogP) is 5.82. The summed E-state index contributed by atoms with van der Waals surface area (Å²) in [6.45, 7) is 2.47. The highest BCUT2D eigenvalue weighted by atomic mass is 35.5. The smallest absolute Gasteiger partial charge is 0.255 e. The summed E-state index contributed by atoms with van der Waals surface area (Å²) >= 11 is 5.96. The highest BCUT2D eigenvalue weighted by Crippen LogP contribution is 2.25. The zero-order valence-electron chi connectivity index (χ0n) is 18.8. The number of aromatic nitrogens is 2. The van der Waals surface area contributed by atoms with E-state index in [9.17, 15) is 4.79 Å². The first-order valence-corrected chi connectivity index (χ1v) is 11.0. The van der Waals surface area contributed by atoms with Crippen molar-refractivity contribution in [2.45, 2.75) is 13.5 Å². The molecule has 1 heterocycles. The Kier molecular flexibility index (Phi) is 6.66. The number of hydrogen-bond acceptors (Lipinski definition) is 5. The second-order valence-electron chi connectivity index (χ2n) is 8.02. The third-order valence-corrected chi connectivity index (χ3v) is 5.60. The van der Waals surface area contributed by atoms with Gasteiger partial charge in [0.15, 0.2) is 0 Å². The average molecular weight is 460 g/mol. The van der Waals surface area contributed by atoms with Crippen molar-refractivity contribution in [3.63, 3.8) is 0 Å². The predicted molar refractivity (Wildman–Crippen MR) is 138 cm³/mol. The van der Waals surface area contributed by atoms with Crippen LogP contribution in [0.15, 0.2) is 77.6 Å². The fraction of sp³-hybridized carbons (Fsp3) is 0.154.